The number of nitrogens with zero attached hydrogens (tertiary/aromatic N) is 2. The number of hydrogen-bond donors (Lipinski definition) is 2. The number of nitrogens with two attached hydrogens (primary N) is 1. The number of benzene rings is 1. The summed E-state index contributed by atoms with van der Waals surface area (Å²) in [6, 6.07) is 3.28. The van der Waals surface area contributed by atoms with Crippen LogP contribution in [0.4, 0.5) is 11.4 Å². The molecule has 20 heavy (non-hydrogen) atoms. The van der Waals surface area contributed by atoms with Gasteiger partial charge >= 0.3 is 0 Å². The Balaban J connectivity index is 3.37. The number of nitrogen functional groups attached to an aromatic ring is 1. The van der Waals surface area contributed by atoms with Crippen molar-refractivity contribution in [3.63, 3.8) is 0 Å². The molecule has 0 fully saturated rings. The number of nitro groups is 1. The largest absolute Gasteiger partial charge is 0.394 e. The number of sulfonamides is 1. The second-order valence-corrected chi connectivity index (χ2v) is 6.89. The molecule has 0 atom stereocenters. The lowest BCUT2D eigenvalue weighted by atomic mass is 10.1. The van der Waals surface area contributed by atoms with Gasteiger partial charge in [-0.2, -0.15) is 4.31 Å². The molecule has 0 aliphatic rings. The number of aliphatic hydroxyl groups excluding tert-OH is 1. The summed E-state index contributed by atoms with van der Waals surface area (Å²) in [6.45, 7) is 2.69. The first-order valence-electron chi connectivity index (χ1n) is 5.68. The van der Waals surface area contributed by atoms with E-state index in [0.29, 0.717) is 0 Å². The number of aliphatic hydroxyl groups is 1. The molecule has 1 aromatic carbocycles. The summed E-state index contributed by atoms with van der Waals surface area (Å²) in [7, 11) is -2.67. The number of nitro benzene ring substituents is 1. The lowest BCUT2D eigenvalue weighted by Crippen LogP contribution is -2.47. The van der Waals surface area contributed by atoms with Gasteiger partial charge in [-0.05, 0) is 26.0 Å². The molecule has 3 N–H and O–H groups in total. The molecule has 0 bridgehead atoms. The van der Waals surface area contributed by atoms with Gasteiger partial charge in [0.15, 0.2) is 0 Å². The van der Waals surface area contributed by atoms with Crippen molar-refractivity contribution in [2.75, 3.05) is 19.4 Å². The lowest BCUT2D eigenvalue weighted by molar-refractivity contribution is -0.384. The van der Waals surface area contributed by atoms with E-state index in [0.717, 1.165) is 10.4 Å². The van der Waals surface area contributed by atoms with Crippen molar-refractivity contribution in [2.45, 2.75) is 24.3 Å². The van der Waals surface area contributed by atoms with E-state index in [1.807, 2.05) is 0 Å². The van der Waals surface area contributed by atoms with Crippen LogP contribution in [0.5, 0.6) is 0 Å². The molecule has 0 spiro atoms. The first kappa shape index (κ1) is 16.3. The fourth-order valence-electron chi connectivity index (χ4n) is 1.43. The van der Waals surface area contributed by atoms with Crippen LogP contribution in [0.2, 0.25) is 0 Å². The number of anilines is 1. The van der Waals surface area contributed by atoms with Crippen molar-refractivity contribution >= 4 is 21.4 Å². The minimum atomic E-state index is -3.97. The van der Waals surface area contributed by atoms with E-state index in [1.165, 1.54) is 33.0 Å². The van der Waals surface area contributed by atoms with Gasteiger partial charge in [0.05, 0.1) is 22.0 Å². The van der Waals surface area contributed by atoms with Crippen LogP contribution in [-0.4, -0.2) is 41.9 Å². The summed E-state index contributed by atoms with van der Waals surface area (Å²) in [5.41, 5.74) is 3.81. The van der Waals surface area contributed by atoms with Gasteiger partial charge in [0.1, 0.15) is 5.69 Å². The third-order valence-corrected chi connectivity index (χ3v) is 5.16. The Bertz CT molecular complexity index is 627. The standard InChI is InChI=1S/C11H17N3O5S/c1-11(2,7-15)13(3)20(18,19)8-4-5-9(12)10(6-8)14(16)17/h4-6,15H,7,12H2,1-3H3. The Hall–Kier alpha value is -1.71. The van der Waals surface area contributed by atoms with E-state index < -0.39 is 26.2 Å². The molecule has 0 radical (unpaired) electrons. The molecule has 1 rings (SSSR count). The molecule has 8 nitrogen and oxygen atoms in total. The highest BCUT2D eigenvalue weighted by Crippen LogP contribution is 2.28. The predicted molar refractivity (Wildman–Crippen MR) is 73.6 cm³/mol. The fourth-order valence-corrected chi connectivity index (χ4v) is 2.95. The highest BCUT2D eigenvalue weighted by Gasteiger charge is 2.34. The molecular weight excluding hydrogens is 286 g/mol. The molecule has 0 amide bonds. The Kier molecular flexibility index (Phi) is 4.37. The van der Waals surface area contributed by atoms with Crippen LogP contribution >= 0.6 is 0 Å². The van der Waals surface area contributed by atoms with E-state index in [4.69, 9.17) is 5.73 Å². The van der Waals surface area contributed by atoms with E-state index in [9.17, 15) is 23.6 Å². The molecule has 9 heteroatoms. The Morgan fingerprint density at radius 2 is 2.00 bits per heavy atom. The first-order valence-corrected chi connectivity index (χ1v) is 7.12. The van der Waals surface area contributed by atoms with Gasteiger partial charge in [0, 0.05) is 13.1 Å². The number of rotatable bonds is 5. The van der Waals surface area contributed by atoms with Gasteiger partial charge in [-0.3, -0.25) is 10.1 Å². The second-order valence-electron chi connectivity index (χ2n) is 4.92. The van der Waals surface area contributed by atoms with Gasteiger partial charge in [-0.25, -0.2) is 8.42 Å². The van der Waals surface area contributed by atoms with E-state index in [2.05, 4.69) is 0 Å². The summed E-state index contributed by atoms with van der Waals surface area (Å²) in [5.74, 6) is 0. The molecule has 0 saturated heterocycles. The topological polar surface area (TPSA) is 127 Å². The average Bonchev–Trinajstić information content (AvgIpc) is 2.37. The summed E-state index contributed by atoms with van der Waals surface area (Å²) in [5, 5.41) is 20.0. The first-order chi connectivity index (χ1) is 9.04. The maximum atomic E-state index is 12.4. The maximum absolute atomic E-state index is 12.4. The molecule has 1 aromatic rings. The number of hydrogen-bond acceptors (Lipinski definition) is 6. The van der Waals surface area contributed by atoms with Crippen molar-refractivity contribution < 1.29 is 18.4 Å². The van der Waals surface area contributed by atoms with Gasteiger partial charge in [-0.15, -0.1) is 0 Å². The van der Waals surface area contributed by atoms with Crippen molar-refractivity contribution in [3.8, 4) is 0 Å². The van der Waals surface area contributed by atoms with E-state index >= 15 is 0 Å². The summed E-state index contributed by atoms with van der Waals surface area (Å²) in [6.07, 6.45) is 0. The van der Waals surface area contributed by atoms with Crippen molar-refractivity contribution in [1.29, 1.82) is 0 Å². The SMILES string of the molecule is CN(C(C)(C)CO)S(=O)(=O)c1ccc(N)c([N+](=O)[O-])c1. The zero-order valence-corrected chi connectivity index (χ0v) is 12.2. The Morgan fingerprint density at radius 3 is 2.45 bits per heavy atom. The minimum absolute atomic E-state index is 0.113. The van der Waals surface area contributed by atoms with Crippen LogP contribution in [-0.2, 0) is 10.0 Å². The summed E-state index contributed by atoms with van der Waals surface area (Å²) < 4.78 is 25.7. The van der Waals surface area contributed by atoms with Crippen LogP contribution in [0.15, 0.2) is 23.1 Å². The quantitative estimate of drug-likeness (QED) is 0.465. The van der Waals surface area contributed by atoms with Gasteiger partial charge < -0.3 is 10.8 Å². The van der Waals surface area contributed by atoms with Crippen molar-refractivity contribution in [3.05, 3.63) is 28.3 Å². The average molecular weight is 303 g/mol. The normalized spacial score (nSPS) is 12.7. The van der Waals surface area contributed by atoms with Crippen LogP contribution < -0.4 is 5.73 Å². The number of likely N-dealkylation sites (N-methyl/N-ethyl adjacent to an activating group) is 1. The fraction of sp³-hybridized carbons (Fsp3) is 0.455. The molecule has 0 heterocycles. The van der Waals surface area contributed by atoms with Gasteiger partial charge in [0.2, 0.25) is 10.0 Å². The molecule has 0 aliphatic carbocycles. The summed E-state index contributed by atoms with van der Waals surface area (Å²) in [4.78, 5) is 9.81. The zero-order chi connectivity index (χ0) is 15.7. The molecule has 0 unspecified atom stereocenters. The molecule has 0 aromatic heterocycles. The van der Waals surface area contributed by atoms with Gasteiger partial charge in [-0.1, -0.05) is 0 Å². The highest BCUT2D eigenvalue weighted by atomic mass is 32.2. The molecule has 0 aliphatic heterocycles. The Morgan fingerprint density at radius 1 is 1.45 bits per heavy atom. The van der Waals surface area contributed by atoms with Crippen LogP contribution in [0.1, 0.15) is 13.8 Å². The molecule has 0 saturated carbocycles. The molecule has 112 valence electrons. The lowest BCUT2D eigenvalue weighted by Gasteiger charge is -2.32. The van der Waals surface area contributed by atoms with Crippen molar-refractivity contribution in [1.82, 2.24) is 4.31 Å². The summed E-state index contributed by atoms with van der Waals surface area (Å²) >= 11 is 0. The van der Waals surface area contributed by atoms with Crippen molar-refractivity contribution in [2.24, 2.45) is 0 Å². The molecular formula is C11H17N3O5S. The second kappa shape index (κ2) is 5.35. The third kappa shape index (κ3) is 2.89. The third-order valence-electron chi connectivity index (χ3n) is 3.10. The van der Waals surface area contributed by atoms with Gasteiger partial charge in [0.25, 0.3) is 5.69 Å². The smallest absolute Gasteiger partial charge is 0.293 e. The Labute approximate surface area is 117 Å². The zero-order valence-electron chi connectivity index (χ0n) is 11.4. The minimum Gasteiger partial charge on any atom is -0.394 e. The highest BCUT2D eigenvalue weighted by molar-refractivity contribution is 7.89. The van der Waals surface area contributed by atoms with E-state index in [1.54, 1.807) is 0 Å². The monoisotopic (exact) mass is 303 g/mol. The van der Waals surface area contributed by atoms with E-state index in [-0.39, 0.29) is 17.2 Å². The maximum Gasteiger partial charge on any atom is 0.293 e. The predicted octanol–water partition coefficient (Wildman–Crippen LogP) is 0.568. The van der Waals surface area contributed by atoms with Crippen LogP contribution in [0, 0.1) is 10.1 Å². The van der Waals surface area contributed by atoms with Crippen LogP contribution in [0.3, 0.4) is 0 Å². The van der Waals surface area contributed by atoms with Crippen LogP contribution in [0.25, 0.3) is 0 Å².